The molecule has 0 aromatic heterocycles. The molecule has 10 heteroatoms. The minimum absolute atomic E-state index is 0.216. The number of para-hydroxylation sites is 1. The van der Waals surface area contributed by atoms with Crippen molar-refractivity contribution >= 4 is 109 Å². The smallest absolute Gasteiger partial charge is 0.252 e. The van der Waals surface area contributed by atoms with E-state index in [2.05, 4.69) is 61.1 Å². The van der Waals surface area contributed by atoms with Gasteiger partial charge in [-0.1, -0.05) is 46.9 Å². The van der Waals surface area contributed by atoms with Crippen LogP contribution in [0.5, 0.6) is 0 Å². The lowest BCUT2D eigenvalue weighted by Crippen LogP contribution is -2.56. The van der Waals surface area contributed by atoms with Gasteiger partial charge in [-0.15, -0.1) is 0 Å². The van der Waals surface area contributed by atoms with Gasteiger partial charge in [-0.05, 0) is 93.8 Å². The molecule has 0 aliphatic rings. The fraction of sp³-hybridized carbons (Fsp3) is 0.125. The van der Waals surface area contributed by atoms with Gasteiger partial charge in [0.1, 0.15) is 6.17 Å². The molecule has 0 saturated carbocycles. The summed E-state index contributed by atoms with van der Waals surface area (Å²) in [6, 6.07) is 14.6. The summed E-state index contributed by atoms with van der Waals surface area (Å²) in [6.45, 7) is 0. The number of amides is 1. The maximum absolute atomic E-state index is 12.4. The molecule has 0 bridgehead atoms. The third-order valence-corrected chi connectivity index (χ3v) is 5.64. The highest BCUT2D eigenvalue weighted by Gasteiger charge is 2.34. The molecule has 3 N–H and O–H groups in total. The van der Waals surface area contributed by atoms with Gasteiger partial charge in [0.15, 0.2) is 5.11 Å². The number of carbonyl (C=O) groups excluding carboxylic acids is 1. The van der Waals surface area contributed by atoms with E-state index in [1.165, 1.54) is 0 Å². The number of rotatable bonds is 4. The monoisotopic (exact) mass is 653 g/mol. The average Bonchev–Trinajstić information content (AvgIpc) is 2.56. The van der Waals surface area contributed by atoms with Crippen LogP contribution in [0.25, 0.3) is 0 Å². The van der Waals surface area contributed by atoms with Crippen LogP contribution >= 0.6 is 92.2 Å². The predicted octanol–water partition coefficient (Wildman–Crippen LogP) is 5.31. The van der Waals surface area contributed by atoms with Crippen molar-refractivity contribution in [3.8, 4) is 0 Å². The van der Waals surface area contributed by atoms with Gasteiger partial charge < -0.3 is 16.0 Å². The van der Waals surface area contributed by atoms with E-state index < -0.39 is 9.96 Å². The van der Waals surface area contributed by atoms with Gasteiger partial charge in [0.2, 0.25) is 3.79 Å². The Morgan fingerprint density at radius 2 is 1.62 bits per heavy atom. The van der Waals surface area contributed by atoms with Crippen molar-refractivity contribution in [1.29, 1.82) is 0 Å². The Hall–Kier alpha value is -0.0700. The van der Waals surface area contributed by atoms with Gasteiger partial charge in [-0.3, -0.25) is 4.79 Å². The zero-order valence-electron chi connectivity index (χ0n) is 12.9. The van der Waals surface area contributed by atoms with Crippen LogP contribution in [0.15, 0.2) is 48.5 Å². The van der Waals surface area contributed by atoms with Crippen LogP contribution in [0.3, 0.4) is 0 Å². The minimum atomic E-state index is -1.81. The maximum Gasteiger partial charge on any atom is 0.252 e. The first kappa shape index (κ1) is 22.2. The molecule has 26 heavy (non-hydrogen) atoms. The quantitative estimate of drug-likeness (QED) is 0.181. The lowest BCUT2D eigenvalue weighted by Gasteiger charge is -2.28. The number of anilines is 1. The molecular formula is C16H12Cl3I2N3OS. The first-order valence-corrected chi connectivity index (χ1v) is 10.8. The van der Waals surface area contributed by atoms with E-state index in [0.717, 1.165) is 12.8 Å². The summed E-state index contributed by atoms with van der Waals surface area (Å²) in [6.07, 6.45) is -1.03. The average molecular weight is 655 g/mol. The van der Waals surface area contributed by atoms with Gasteiger partial charge in [0.25, 0.3) is 5.91 Å². The summed E-state index contributed by atoms with van der Waals surface area (Å²) in [5, 5.41) is 8.71. The van der Waals surface area contributed by atoms with Crippen molar-refractivity contribution in [2.45, 2.75) is 9.96 Å². The summed E-state index contributed by atoms with van der Waals surface area (Å²) in [4.78, 5) is 12.4. The number of carbonyl (C=O) groups is 1. The largest absolute Gasteiger partial charge is 0.339 e. The SMILES string of the molecule is O=C(NC(NC(=S)Nc1ccccc1I)C(Cl)(Cl)Cl)c1ccc(I)cc1. The molecule has 2 aromatic rings. The fourth-order valence-electron chi connectivity index (χ4n) is 1.87. The van der Waals surface area contributed by atoms with Crippen molar-refractivity contribution in [1.82, 2.24) is 10.6 Å². The molecule has 0 spiro atoms. The Balaban J connectivity index is 2.07. The Morgan fingerprint density at radius 1 is 1.00 bits per heavy atom. The van der Waals surface area contributed by atoms with Gasteiger partial charge in [0, 0.05) is 12.7 Å². The number of hydrogen-bond acceptors (Lipinski definition) is 2. The molecule has 4 nitrogen and oxygen atoms in total. The number of benzene rings is 2. The zero-order valence-corrected chi connectivity index (χ0v) is 20.3. The minimum Gasteiger partial charge on any atom is -0.339 e. The van der Waals surface area contributed by atoms with Crippen LogP contribution in [0.4, 0.5) is 5.69 Å². The third kappa shape index (κ3) is 6.83. The Morgan fingerprint density at radius 3 is 2.19 bits per heavy atom. The lowest BCUT2D eigenvalue weighted by molar-refractivity contribution is 0.0934. The molecule has 2 aromatic carbocycles. The summed E-state index contributed by atoms with van der Waals surface area (Å²) >= 11 is 27.6. The first-order chi connectivity index (χ1) is 12.2. The van der Waals surface area contributed by atoms with Crippen molar-refractivity contribution < 1.29 is 4.79 Å². The molecule has 0 aliphatic heterocycles. The summed E-state index contributed by atoms with van der Waals surface area (Å²) in [5.41, 5.74) is 1.25. The molecule has 0 radical (unpaired) electrons. The lowest BCUT2D eigenvalue weighted by atomic mass is 10.2. The molecule has 1 unspecified atom stereocenters. The second-order valence-electron chi connectivity index (χ2n) is 5.03. The van der Waals surface area contributed by atoms with E-state index in [4.69, 9.17) is 47.0 Å². The number of thiocarbonyl (C=S) groups is 1. The second-order valence-corrected chi connectivity index (χ2v) is 10.2. The predicted molar refractivity (Wildman–Crippen MR) is 129 cm³/mol. The standard InChI is InChI=1S/C16H12Cl3I2N3OS/c17-16(18,19)14(23-13(25)9-5-7-10(20)8-6-9)24-15(26)22-12-4-2-1-3-11(12)21/h1-8,14H,(H,23,25)(H2,22,24,26). The van der Waals surface area contributed by atoms with Crippen LogP contribution in [-0.4, -0.2) is 21.0 Å². The number of halogens is 5. The van der Waals surface area contributed by atoms with Crippen LogP contribution in [-0.2, 0) is 0 Å². The van der Waals surface area contributed by atoms with Crippen molar-refractivity contribution in [3.05, 3.63) is 61.2 Å². The molecule has 1 atom stereocenters. The van der Waals surface area contributed by atoms with E-state index in [9.17, 15) is 4.79 Å². The van der Waals surface area contributed by atoms with E-state index in [1.54, 1.807) is 12.1 Å². The second kappa shape index (κ2) is 9.92. The zero-order chi connectivity index (χ0) is 19.3. The highest BCUT2D eigenvalue weighted by Crippen LogP contribution is 2.29. The third-order valence-electron chi connectivity index (χ3n) is 3.11. The summed E-state index contributed by atoms with van der Waals surface area (Å²) < 4.78 is 0.176. The molecule has 0 saturated heterocycles. The van der Waals surface area contributed by atoms with Crippen LogP contribution in [0.1, 0.15) is 10.4 Å². The molecule has 0 aliphatic carbocycles. The van der Waals surface area contributed by atoms with Crippen LogP contribution < -0.4 is 16.0 Å². The van der Waals surface area contributed by atoms with Gasteiger partial charge >= 0.3 is 0 Å². The van der Waals surface area contributed by atoms with Gasteiger partial charge in [0.05, 0.1) is 5.69 Å². The van der Waals surface area contributed by atoms with E-state index >= 15 is 0 Å². The maximum atomic E-state index is 12.4. The highest BCUT2D eigenvalue weighted by atomic mass is 127. The number of hydrogen-bond donors (Lipinski definition) is 3. The van der Waals surface area contributed by atoms with Crippen LogP contribution in [0.2, 0.25) is 0 Å². The first-order valence-electron chi connectivity index (χ1n) is 7.12. The fourth-order valence-corrected chi connectivity index (χ4v) is 3.30. The van der Waals surface area contributed by atoms with Crippen LogP contribution in [0, 0.1) is 7.14 Å². The molecule has 0 fully saturated rings. The molecule has 0 heterocycles. The van der Waals surface area contributed by atoms with Crippen molar-refractivity contribution in [2.75, 3.05) is 5.32 Å². The molecule has 2 rings (SSSR count). The normalized spacial score (nSPS) is 12.2. The van der Waals surface area contributed by atoms with Crippen molar-refractivity contribution in [2.24, 2.45) is 0 Å². The van der Waals surface area contributed by atoms with Gasteiger partial charge in [-0.25, -0.2) is 0 Å². The number of alkyl halides is 3. The van der Waals surface area contributed by atoms with E-state index in [-0.39, 0.29) is 11.0 Å². The Kier molecular flexibility index (Phi) is 8.48. The van der Waals surface area contributed by atoms with E-state index in [0.29, 0.717) is 5.56 Å². The number of nitrogens with one attached hydrogen (secondary N) is 3. The molecule has 1 amide bonds. The highest BCUT2D eigenvalue weighted by molar-refractivity contribution is 14.1. The van der Waals surface area contributed by atoms with Gasteiger partial charge in [-0.2, -0.15) is 0 Å². The summed E-state index contributed by atoms with van der Waals surface area (Å²) in [7, 11) is 0. The Labute approximate surface area is 199 Å². The molecule has 138 valence electrons. The van der Waals surface area contributed by atoms with E-state index in [1.807, 2.05) is 36.4 Å². The van der Waals surface area contributed by atoms with Crippen molar-refractivity contribution in [3.63, 3.8) is 0 Å². The molecular weight excluding hydrogens is 642 g/mol. The summed E-state index contributed by atoms with van der Waals surface area (Å²) in [5.74, 6) is -0.387. The topological polar surface area (TPSA) is 53.2 Å². The Bertz CT molecular complexity index is 800.